The van der Waals surface area contributed by atoms with Gasteiger partial charge in [-0.15, -0.1) is 0 Å². The lowest BCUT2D eigenvalue weighted by Crippen LogP contribution is -2.51. The van der Waals surface area contributed by atoms with Crippen molar-refractivity contribution in [2.24, 2.45) is 116 Å². The van der Waals surface area contributed by atoms with Gasteiger partial charge in [-0.2, -0.15) is 0 Å². The first-order chi connectivity index (χ1) is 33.2. The van der Waals surface area contributed by atoms with Gasteiger partial charge in [-0.1, -0.05) is 171 Å². The Morgan fingerprint density at radius 2 is 0.957 bits per heavy atom. The summed E-state index contributed by atoms with van der Waals surface area (Å²) >= 11 is 0. The molecular formula is C66H112O4. The Labute approximate surface area is 432 Å². The molecule has 0 radical (unpaired) electrons. The molecule has 2 N–H and O–H groups in total. The molecule has 0 bridgehead atoms. The van der Waals surface area contributed by atoms with Gasteiger partial charge in [0, 0.05) is 0 Å². The van der Waals surface area contributed by atoms with Gasteiger partial charge in [-0.3, -0.25) is 9.59 Å². The lowest BCUT2D eigenvalue weighted by molar-refractivity contribution is -0.145. The smallest absolute Gasteiger partial charge is 0.306 e. The van der Waals surface area contributed by atoms with Crippen molar-refractivity contribution < 1.29 is 19.8 Å². The summed E-state index contributed by atoms with van der Waals surface area (Å²) in [5, 5.41) is 19.8. The van der Waals surface area contributed by atoms with Gasteiger partial charge in [-0.25, -0.2) is 0 Å². The Morgan fingerprint density at radius 3 is 1.36 bits per heavy atom. The first-order valence-corrected chi connectivity index (χ1v) is 31.1. The molecule has 400 valence electrons. The van der Waals surface area contributed by atoms with Gasteiger partial charge in [0.15, 0.2) is 0 Å². The van der Waals surface area contributed by atoms with E-state index in [0.29, 0.717) is 33.5 Å². The van der Waals surface area contributed by atoms with Crippen molar-refractivity contribution in [3.8, 4) is 0 Å². The third kappa shape index (κ3) is 11.3. The second kappa shape index (κ2) is 23.5. The highest BCUT2D eigenvalue weighted by atomic mass is 16.4. The fourth-order valence-corrected chi connectivity index (χ4v) is 20.2. The van der Waals surface area contributed by atoms with Crippen LogP contribution in [-0.2, 0) is 9.59 Å². The molecule has 0 saturated heterocycles. The molecule has 6 saturated carbocycles. The van der Waals surface area contributed by atoms with Crippen LogP contribution >= 0.6 is 0 Å². The molecule has 0 aliphatic heterocycles. The molecule has 8 rings (SSSR count). The summed E-state index contributed by atoms with van der Waals surface area (Å²) in [6.45, 7) is 29.4. The van der Waals surface area contributed by atoms with Crippen molar-refractivity contribution in [3.63, 3.8) is 0 Å². The summed E-state index contributed by atoms with van der Waals surface area (Å²) in [6, 6.07) is 0. The number of carbonyl (C=O) groups is 2. The molecular weight excluding hydrogens is 857 g/mol. The fraction of sp³-hybridized carbons (Fsp3) is 0.909. The topological polar surface area (TPSA) is 74.6 Å². The molecule has 8 aliphatic carbocycles. The summed E-state index contributed by atoms with van der Waals surface area (Å²) < 4.78 is 0. The molecule has 0 amide bonds. The fourth-order valence-electron chi connectivity index (χ4n) is 20.2. The predicted molar refractivity (Wildman–Crippen MR) is 294 cm³/mol. The number of allylic oxidation sites excluding steroid dienone is 4. The third-order valence-corrected chi connectivity index (χ3v) is 24.3. The average Bonchev–Trinajstić information content (AvgIpc) is 3.86. The van der Waals surface area contributed by atoms with Crippen molar-refractivity contribution in [3.05, 3.63) is 23.3 Å². The van der Waals surface area contributed by atoms with Gasteiger partial charge in [0.05, 0.1) is 11.8 Å². The molecule has 0 aromatic carbocycles. The minimum atomic E-state index is -0.576. The van der Waals surface area contributed by atoms with Gasteiger partial charge >= 0.3 is 11.9 Å². The van der Waals surface area contributed by atoms with E-state index in [1.807, 2.05) is 0 Å². The number of rotatable bonds is 20. The van der Waals surface area contributed by atoms with E-state index in [4.69, 9.17) is 0 Å². The molecule has 4 heteroatoms. The van der Waals surface area contributed by atoms with E-state index in [9.17, 15) is 19.8 Å². The van der Waals surface area contributed by atoms with Crippen LogP contribution in [0, 0.1) is 116 Å². The predicted octanol–water partition coefficient (Wildman–Crippen LogP) is 19.1. The van der Waals surface area contributed by atoms with Crippen molar-refractivity contribution in [1.29, 1.82) is 0 Å². The molecule has 0 aromatic heterocycles. The first kappa shape index (κ1) is 56.2. The van der Waals surface area contributed by atoms with Crippen molar-refractivity contribution in [2.45, 2.75) is 263 Å². The summed E-state index contributed by atoms with van der Waals surface area (Å²) in [6.07, 6.45) is 40.9. The SMILES string of the molecule is CCC(C(=O)O)[C@H]1CC[C@@]2(C)C(=CC[C@H]3[C@@H]4CC[C@H]([C@H](C)CCCC(C)C)[C@@]4(C)CC[C@@H]32)C1.CCCCCCC(C(=O)O)[C@H]1CC[C@@]2(C)C(=CC[C@H]3[C@@H]4CC[C@H]([C@H](C)CCCC(C)C)[C@@]4(C)CC[C@@H]32)C1. The van der Waals surface area contributed by atoms with Gasteiger partial charge < -0.3 is 10.2 Å². The number of aliphatic carboxylic acids is 2. The van der Waals surface area contributed by atoms with Crippen LogP contribution in [0.1, 0.15) is 263 Å². The minimum absolute atomic E-state index is 0.137. The maximum Gasteiger partial charge on any atom is 0.306 e. The molecule has 8 aliphatic rings. The molecule has 70 heavy (non-hydrogen) atoms. The van der Waals surface area contributed by atoms with Gasteiger partial charge in [0.25, 0.3) is 0 Å². The number of unbranched alkanes of at least 4 members (excludes halogenated alkanes) is 3. The van der Waals surface area contributed by atoms with Crippen LogP contribution in [0.5, 0.6) is 0 Å². The Kier molecular flexibility index (Phi) is 18.9. The number of carboxylic acid groups (broad SMARTS) is 2. The molecule has 2 unspecified atom stereocenters. The quantitative estimate of drug-likeness (QED) is 0.0942. The van der Waals surface area contributed by atoms with Crippen molar-refractivity contribution >= 4 is 11.9 Å². The van der Waals surface area contributed by atoms with Gasteiger partial charge in [-0.05, 0) is 220 Å². The number of fused-ring (bicyclic) bond motifs is 10. The van der Waals surface area contributed by atoms with Gasteiger partial charge in [0.2, 0.25) is 0 Å². The van der Waals surface area contributed by atoms with E-state index in [-0.39, 0.29) is 11.8 Å². The average molecular weight is 970 g/mol. The molecule has 0 heterocycles. The monoisotopic (exact) mass is 969 g/mol. The standard InChI is InChI=1S/C35H60O2.C31H52O2/c1-7-8-9-10-14-28(33(36)37)26-19-21-34(5)27(23-26)15-16-29-31-18-17-30(25(4)13-11-12-24(2)3)35(31,6)22-20-32(29)34;1-7-24(29(32)33)22-15-17-30(5)23(19-22)11-12-25-27-14-13-26(21(4)10-8-9-20(2)3)31(27,6)18-16-28(25)30/h15,24-26,28-32H,7-14,16-23H2,1-6H3,(H,36,37);11,20-22,24-28H,7-10,12-19H2,1-6H3,(H,32,33)/t25-,26+,28?,29+,30-,31+,32+,34+,35-;21-,22+,24?,25+,26-,27+,28+,30+,31-/m11/s1. The van der Waals surface area contributed by atoms with E-state index in [0.717, 1.165) is 116 Å². The zero-order valence-electron chi connectivity index (χ0n) is 47.9. The highest BCUT2D eigenvalue weighted by Crippen LogP contribution is 2.70. The van der Waals surface area contributed by atoms with E-state index in [1.54, 1.807) is 11.1 Å². The molecule has 18 atom stereocenters. The largest absolute Gasteiger partial charge is 0.481 e. The number of carboxylic acids is 2. The van der Waals surface area contributed by atoms with Crippen LogP contribution in [0.15, 0.2) is 23.3 Å². The lowest BCUT2D eigenvalue weighted by atomic mass is 9.46. The summed E-state index contributed by atoms with van der Waals surface area (Å²) in [7, 11) is 0. The second-order valence-corrected chi connectivity index (χ2v) is 28.7. The highest BCUT2D eigenvalue weighted by molar-refractivity contribution is 5.71. The highest BCUT2D eigenvalue weighted by Gasteiger charge is 2.61. The van der Waals surface area contributed by atoms with Crippen molar-refractivity contribution in [1.82, 2.24) is 0 Å². The number of hydrogen-bond acceptors (Lipinski definition) is 2. The second-order valence-electron chi connectivity index (χ2n) is 28.7. The lowest BCUT2D eigenvalue weighted by Gasteiger charge is -2.59. The van der Waals surface area contributed by atoms with Crippen LogP contribution in [0.25, 0.3) is 0 Å². The molecule has 6 fully saturated rings. The van der Waals surface area contributed by atoms with E-state index in [1.165, 1.54) is 135 Å². The maximum absolute atomic E-state index is 12.3. The van der Waals surface area contributed by atoms with E-state index in [2.05, 4.69) is 95.2 Å². The van der Waals surface area contributed by atoms with Crippen molar-refractivity contribution in [2.75, 3.05) is 0 Å². The third-order valence-electron chi connectivity index (χ3n) is 24.3. The maximum atomic E-state index is 12.3. The summed E-state index contributed by atoms with van der Waals surface area (Å²) in [5.41, 5.74) is 5.05. The molecule has 0 spiro atoms. The van der Waals surface area contributed by atoms with Crippen LogP contribution in [-0.4, -0.2) is 22.2 Å². The van der Waals surface area contributed by atoms with E-state index >= 15 is 0 Å². The molecule has 4 nitrogen and oxygen atoms in total. The first-order valence-electron chi connectivity index (χ1n) is 31.1. The minimum Gasteiger partial charge on any atom is -0.481 e. The Hall–Kier alpha value is -1.58. The Bertz CT molecular complexity index is 1790. The van der Waals surface area contributed by atoms with Crippen LogP contribution < -0.4 is 0 Å². The zero-order valence-corrected chi connectivity index (χ0v) is 47.9. The Balaban J connectivity index is 0.000000208. The zero-order chi connectivity index (χ0) is 50.8. The molecule has 0 aromatic rings. The van der Waals surface area contributed by atoms with Crippen LogP contribution in [0.2, 0.25) is 0 Å². The Morgan fingerprint density at radius 1 is 0.514 bits per heavy atom. The van der Waals surface area contributed by atoms with Crippen LogP contribution in [0.3, 0.4) is 0 Å². The summed E-state index contributed by atoms with van der Waals surface area (Å²) in [4.78, 5) is 24.1. The number of hydrogen-bond donors (Lipinski definition) is 2. The van der Waals surface area contributed by atoms with Crippen LogP contribution in [0.4, 0.5) is 0 Å². The summed E-state index contributed by atoms with van der Waals surface area (Å²) in [5.74, 6) is 9.75. The normalized spacial score (nSPS) is 40.4. The van der Waals surface area contributed by atoms with Gasteiger partial charge in [0.1, 0.15) is 0 Å². The van der Waals surface area contributed by atoms with E-state index < -0.39 is 11.9 Å².